The minimum Gasteiger partial charge on any atom is -0.316 e. The number of para-hydroxylation sites is 1. The molecule has 0 spiro atoms. The zero-order chi connectivity index (χ0) is 20.1. The van der Waals surface area contributed by atoms with Crippen LogP contribution in [0.15, 0.2) is 85.1 Å². The highest BCUT2D eigenvalue weighted by molar-refractivity contribution is 5.86. The van der Waals surface area contributed by atoms with Crippen LogP contribution >= 0.6 is 0 Å². The largest absolute Gasteiger partial charge is 0.316 e. The van der Waals surface area contributed by atoms with Crippen molar-refractivity contribution in [3.63, 3.8) is 0 Å². The average Bonchev–Trinajstić information content (AvgIpc) is 3.15. The van der Waals surface area contributed by atoms with E-state index in [9.17, 15) is 4.79 Å². The predicted octanol–water partition coefficient (Wildman–Crippen LogP) is 4.85. The Bertz CT molecular complexity index is 1100. The van der Waals surface area contributed by atoms with Crippen LogP contribution in [0.3, 0.4) is 0 Å². The number of rotatable bonds is 7. The molecule has 3 aromatic carbocycles. The molecule has 0 unspecified atom stereocenters. The van der Waals surface area contributed by atoms with Crippen LogP contribution in [0.5, 0.6) is 0 Å². The summed E-state index contributed by atoms with van der Waals surface area (Å²) < 4.78 is 2.24. The number of carbonyl (C=O) groups excluding carboxylic acids is 1. The number of amides is 1. The maximum absolute atomic E-state index is 11.4. The summed E-state index contributed by atoms with van der Waals surface area (Å²) in [6, 6.07) is 27.2. The van der Waals surface area contributed by atoms with Gasteiger partial charge in [-0.05, 0) is 60.2 Å². The van der Waals surface area contributed by atoms with Crippen LogP contribution in [0.4, 0.5) is 0 Å². The predicted molar refractivity (Wildman–Crippen MR) is 115 cm³/mol. The van der Waals surface area contributed by atoms with Crippen LogP contribution < -0.4 is 5.48 Å². The molecule has 0 saturated heterocycles. The summed E-state index contributed by atoms with van der Waals surface area (Å²) in [6.45, 7) is 0. The number of hydroxylamine groups is 1. The van der Waals surface area contributed by atoms with Crippen molar-refractivity contribution in [2.24, 2.45) is 0 Å². The molecule has 0 bridgehead atoms. The molecular formula is C25H24N2O2. The van der Waals surface area contributed by atoms with E-state index in [2.05, 4.69) is 65.4 Å². The summed E-state index contributed by atoms with van der Waals surface area (Å²) in [5.41, 5.74) is 7.71. The summed E-state index contributed by atoms with van der Waals surface area (Å²) in [5, 5.41) is 9.95. The van der Waals surface area contributed by atoms with Crippen molar-refractivity contribution in [2.45, 2.75) is 25.7 Å². The number of aryl methyl sites for hydroxylation is 3. The van der Waals surface area contributed by atoms with Crippen LogP contribution in [-0.2, 0) is 24.1 Å². The molecule has 1 amide bonds. The Morgan fingerprint density at radius 3 is 2.28 bits per heavy atom. The van der Waals surface area contributed by atoms with E-state index in [0.717, 1.165) is 29.6 Å². The number of hydrogen-bond donors (Lipinski definition) is 2. The highest BCUT2D eigenvalue weighted by atomic mass is 16.5. The minimum absolute atomic E-state index is 0.265. The third-order valence-corrected chi connectivity index (χ3v) is 5.28. The Morgan fingerprint density at radius 1 is 0.828 bits per heavy atom. The fraction of sp³-hybridized carbons (Fsp3) is 0.160. The zero-order valence-electron chi connectivity index (χ0n) is 16.2. The van der Waals surface area contributed by atoms with Gasteiger partial charge in [-0.1, -0.05) is 54.6 Å². The average molecular weight is 384 g/mol. The maximum atomic E-state index is 11.4. The fourth-order valence-electron chi connectivity index (χ4n) is 3.74. The molecule has 4 aromatic rings. The zero-order valence-corrected chi connectivity index (χ0v) is 16.2. The van der Waals surface area contributed by atoms with Crippen LogP contribution in [0, 0.1) is 0 Å². The second kappa shape index (κ2) is 8.76. The molecule has 0 atom stereocenters. The molecule has 29 heavy (non-hydrogen) atoms. The number of benzene rings is 3. The van der Waals surface area contributed by atoms with Gasteiger partial charge < -0.3 is 4.57 Å². The number of aromatic nitrogens is 1. The lowest BCUT2D eigenvalue weighted by atomic mass is 10.0. The van der Waals surface area contributed by atoms with E-state index in [1.54, 1.807) is 5.48 Å². The standard InChI is InChI=1S/C25H24N2O2/c28-25(26-29)16-13-20-12-15-24-23(17-20)21(14-11-19-7-3-1-4-8-19)18-27(24)22-9-5-2-6-10-22/h1-10,12,15,17-18,29H,11,13-14,16H2,(H,26,28). The molecule has 0 fully saturated rings. The van der Waals surface area contributed by atoms with E-state index in [1.165, 1.54) is 16.5 Å². The molecule has 2 N–H and O–H groups in total. The van der Waals surface area contributed by atoms with Crippen molar-refractivity contribution in [2.75, 3.05) is 0 Å². The number of hydrogen-bond acceptors (Lipinski definition) is 2. The van der Waals surface area contributed by atoms with E-state index in [0.29, 0.717) is 6.42 Å². The highest BCUT2D eigenvalue weighted by Crippen LogP contribution is 2.27. The van der Waals surface area contributed by atoms with Gasteiger partial charge in [0.05, 0.1) is 5.52 Å². The first-order valence-corrected chi connectivity index (χ1v) is 9.90. The monoisotopic (exact) mass is 384 g/mol. The van der Waals surface area contributed by atoms with Crippen molar-refractivity contribution < 1.29 is 10.0 Å². The smallest absolute Gasteiger partial charge is 0.243 e. The second-order valence-electron chi connectivity index (χ2n) is 7.23. The molecule has 0 aliphatic carbocycles. The van der Waals surface area contributed by atoms with Gasteiger partial charge in [0.2, 0.25) is 5.91 Å². The van der Waals surface area contributed by atoms with Crippen molar-refractivity contribution in [1.82, 2.24) is 10.0 Å². The highest BCUT2D eigenvalue weighted by Gasteiger charge is 2.12. The molecule has 0 radical (unpaired) electrons. The van der Waals surface area contributed by atoms with Crippen molar-refractivity contribution in [3.8, 4) is 5.69 Å². The molecular weight excluding hydrogens is 360 g/mol. The van der Waals surface area contributed by atoms with E-state index in [-0.39, 0.29) is 12.3 Å². The van der Waals surface area contributed by atoms with Gasteiger partial charge in [-0.15, -0.1) is 0 Å². The Hall–Kier alpha value is -3.37. The van der Waals surface area contributed by atoms with Gasteiger partial charge in [-0.25, -0.2) is 5.48 Å². The Balaban J connectivity index is 1.69. The third kappa shape index (κ3) is 4.39. The van der Waals surface area contributed by atoms with E-state index in [1.807, 2.05) is 24.3 Å². The Kier molecular flexibility index (Phi) is 5.73. The topological polar surface area (TPSA) is 54.3 Å². The van der Waals surface area contributed by atoms with Crippen LogP contribution in [0.1, 0.15) is 23.1 Å². The number of nitrogens with zero attached hydrogens (tertiary/aromatic N) is 1. The van der Waals surface area contributed by atoms with E-state index < -0.39 is 0 Å². The maximum Gasteiger partial charge on any atom is 0.243 e. The molecule has 1 heterocycles. The Morgan fingerprint density at radius 2 is 1.55 bits per heavy atom. The fourth-order valence-corrected chi connectivity index (χ4v) is 3.74. The number of carbonyl (C=O) groups is 1. The van der Waals surface area contributed by atoms with Crippen molar-refractivity contribution in [1.29, 1.82) is 0 Å². The molecule has 0 saturated carbocycles. The first-order chi connectivity index (χ1) is 14.2. The lowest BCUT2D eigenvalue weighted by Gasteiger charge is -2.06. The third-order valence-electron chi connectivity index (χ3n) is 5.28. The SMILES string of the molecule is O=C(CCc1ccc2c(c1)c(CCc1ccccc1)cn2-c1ccccc1)NO. The molecule has 0 aliphatic rings. The van der Waals surface area contributed by atoms with E-state index >= 15 is 0 Å². The van der Waals surface area contributed by atoms with Crippen LogP contribution in [-0.4, -0.2) is 15.7 Å². The molecule has 4 heteroatoms. The first-order valence-electron chi connectivity index (χ1n) is 9.90. The van der Waals surface area contributed by atoms with Gasteiger partial charge in [0.25, 0.3) is 0 Å². The minimum atomic E-state index is -0.365. The summed E-state index contributed by atoms with van der Waals surface area (Å²) in [4.78, 5) is 11.4. The summed E-state index contributed by atoms with van der Waals surface area (Å²) in [6.07, 6.45) is 5.01. The van der Waals surface area contributed by atoms with Crippen molar-refractivity contribution in [3.05, 3.63) is 102 Å². The van der Waals surface area contributed by atoms with E-state index in [4.69, 9.17) is 5.21 Å². The normalized spacial score (nSPS) is 10.9. The first kappa shape index (κ1) is 19.0. The van der Waals surface area contributed by atoms with Gasteiger partial charge in [-0.3, -0.25) is 10.0 Å². The Labute approximate surface area is 170 Å². The van der Waals surface area contributed by atoms with Gasteiger partial charge in [0, 0.05) is 23.7 Å². The van der Waals surface area contributed by atoms with Gasteiger partial charge >= 0.3 is 0 Å². The number of fused-ring (bicyclic) bond motifs is 1. The van der Waals surface area contributed by atoms with Crippen LogP contribution in [0.25, 0.3) is 16.6 Å². The number of nitrogens with one attached hydrogen (secondary N) is 1. The molecule has 4 nitrogen and oxygen atoms in total. The summed E-state index contributed by atoms with van der Waals surface area (Å²) in [5.74, 6) is -0.365. The quantitative estimate of drug-likeness (QED) is 0.353. The molecule has 4 rings (SSSR count). The summed E-state index contributed by atoms with van der Waals surface area (Å²) >= 11 is 0. The van der Waals surface area contributed by atoms with Gasteiger partial charge in [0.15, 0.2) is 0 Å². The lowest BCUT2D eigenvalue weighted by Crippen LogP contribution is -2.18. The van der Waals surface area contributed by atoms with Gasteiger partial charge in [0.1, 0.15) is 0 Å². The van der Waals surface area contributed by atoms with Crippen molar-refractivity contribution >= 4 is 16.8 Å². The molecule has 1 aromatic heterocycles. The lowest BCUT2D eigenvalue weighted by molar-refractivity contribution is -0.129. The van der Waals surface area contributed by atoms with Crippen LogP contribution in [0.2, 0.25) is 0 Å². The second-order valence-corrected chi connectivity index (χ2v) is 7.23. The van der Waals surface area contributed by atoms with Gasteiger partial charge in [-0.2, -0.15) is 0 Å². The molecule has 0 aliphatic heterocycles. The summed E-state index contributed by atoms with van der Waals surface area (Å²) in [7, 11) is 0. The molecule has 146 valence electrons.